The number of carbonyl (C=O) groups is 1. The Morgan fingerprint density at radius 2 is 2.17 bits per heavy atom. The molecule has 0 saturated heterocycles. The van der Waals surface area contributed by atoms with Crippen LogP contribution in [0.2, 0.25) is 0 Å². The van der Waals surface area contributed by atoms with Crippen LogP contribution in [0.4, 0.5) is 0 Å². The van der Waals surface area contributed by atoms with Crippen LogP contribution in [0.5, 0.6) is 5.75 Å². The summed E-state index contributed by atoms with van der Waals surface area (Å²) < 4.78 is 5.57. The lowest BCUT2D eigenvalue weighted by Gasteiger charge is -2.10. The maximum absolute atomic E-state index is 12.5. The molecule has 0 aliphatic carbocycles. The summed E-state index contributed by atoms with van der Waals surface area (Å²) in [6.45, 7) is 2.94. The van der Waals surface area contributed by atoms with Crippen molar-refractivity contribution in [1.82, 2.24) is 15.5 Å². The number of carbonyl (C=O) groups excluding carboxylic acids is 1. The summed E-state index contributed by atoms with van der Waals surface area (Å²) in [6, 6.07) is 11.6. The SMILES string of the molecule is CCOc1ccccc1CNC(=O)c1cn[nH]c1-c1cccs1. The Hall–Kier alpha value is -2.60. The zero-order chi connectivity index (χ0) is 16.1. The van der Waals surface area contributed by atoms with Crippen LogP contribution < -0.4 is 10.1 Å². The van der Waals surface area contributed by atoms with Gasteiger partial charge in [0, 0.05) is 12.1 Å². The number of H-pyrrole nitrogens is 1. The van der Waals surface area contributed by atoms with E-state index < -0.39 is 0 Å². The van der Waals surface area contributed by atoms with Gasteiger partial charge in [-0.1, -0.05) is 24.3 Å². The van der Waals surface area contributed by atoms with Crippen LogP contribution in [0.1, 0.15) is 22.8 Å². The van der Waals surface area contributed by atoms with Crippen LogP contribution in [0.25, 0.3) is 10.6 Å². The van der Waals surface area contributed by atoms with Crippen molar-refractivity contribution in [2.45, 2.75) is 13.5 Å². The normalized spacial score (nSPS) is 10.5. The van der Waals surface area contributed by atoms with Crippen molar-refractivity contribution < 1.29 is 9.53 Å². The van der Waals surface area contributed by atoms with Crippen LogP contribution >= 0.6 is 11.3 Å². The van der Waals surface area contributed by atoms with Gasteiger partial charge in [-0.05, 0) is 24.4 Å². The molecule has 0 atom stereocenters. The second-order valence-electron chi connectivity index (χ2n) is 4.86. The molecule has 118 valence electrons. The summed E-state index contributed by atoms with van der Waals surface area (Å²) in [4.78, 5) is 13.4. The van der Waals surface area contributed by atoms with Gasteiger partial charge < -0.3 is 10.1 Å². The van der Waals surface area contributed by atoms with Gasteiger partial charge in [0.2, 0.25) is 0 Å². The highest BCUT2D eigenvalue weighted by atomic mass is 32.1. The average molecular weight is 327 g/mol. The molecule has 5 nitrogen and oxygen atoms in total. The maximum atomic E-state index is 12.5. The van der Waals surface area contributed by atoms with Gasteiger partial charge in [0.15, 0.2) is 0 Å². The van der Waals surface area contributed by atoms with Crippen molar-refractivity contribution in [3.05, 3.63) is 59.1 Å². The summed E-state index contributed by atoms with van der Waals surface area (Å²) in [5.41, 5.74) is 2.24. The summed E-state index contributed by atoms with van der Waals surface area (Å²) in [6.07, 6.45) is 1.55. The summed E-state index contributed by atoms with van der Waals surface area (Å²) in [7, 11) is 0. The van der Waals surface area contributed by atoms with E-state index in [9.17, 15) is 4.79 Å². The maximum Gasteiger partial charge on any atom is 0.255 e. The minimum absolute atomic E-state index is 0.159. The van der Waals surface area contributed by atoms with E-state index in [2.05, 4.69) is 15.5 Å². The molecule has 0 aliphatic rings. The molecule has 1 amide bonds. The molecule has 1 aromatic carbocycles. The fourth-order valence-corrected chi connectivity index (χ4v) is 3.02. The molecule has 23 heavy (non-hydrogen) atoms. The molecule has 3 aromatic rings. The molecule has 0 fully saturated rings. The van der Waals surface area contributed by atoms with Crippen molar-refractivity contribution in [3.8, 4) is 16.3 Å². The van der Waals surface area contributed by atoms with Gasteiger partial charge in [0.25, 0.3) is 5.91 Å². The third-order valence-corrected chi connectivity index (χ3v) is 4.25. The van der Waals surface area contributed by atoms with Gasteiger partial charge in [-0.25, -0.2) is 0 Å². The standard InChI is InChI=1S/C17H17N3O2S/c1-2-22-14-7-4-3-6-12(14)10-18-17(21)13-11-19-20-16(13)15-8-5-9-23-15/h3-9,11H,2,10H2,1H3,(H,18,21)(H,19,20). The predicted molar refractivity (Wildman–Crippen MR) is 90.7 cm³/mol. The van der Waals surface area contributed by atoms with Crippen LogP contribution in [0.3, 0.4) is 0 Å². The van der Waals surface area contributed by atoms with E-state index >= 15 is 0 Å². The highest BCUT2D eigenvalue weighted by Gasteiger charge is 2.16. The molecule has 2 heterocycles. The molecular weight excluding hydrogens is 310 g/mol. The number of para-hydroxylation sites is 1. The van der Waals surface area contributed by atoms with E-state index in [0.717, 1.165) is 21.9 Å². The Bertz CT molecular complexity index is 781. The Morgan fingerprint density at radius 1 is 1.30 bits per heavy atom. The Morgan fingerprint density at radius 3 is 2.96 bits per heavy atom. The van der Waals surface area contributed by atoms with E-state index in [-0.39, 0.29) is 5.91 Å². The smallest absolute Gasteiger partial charge is 0.255 e. The van der Waals surface area contributed by atoms with Gasteiger partial charge in [-0.15, -0.1) is 11.3 Å². The van der Waals surface area contributed by atoms with Crippen LogP contribution in [0, 0.1) is 0 Å². The molecule has 0 bridgehead atoms. The second-order valence-corrected chi connectivity index (χ2v) is 5.81. The zero-order valence-corrected chi connectivity index (χ0v) is 13.5. The van der Waals surface area contributed by atoms with Crippen LogP contribution in [0.15, 0.2) is 48.0 Å². The lowest BCUT2D eigenvalue weighted by Crippen LogP contribution is -2.23. The molecule has 0 unspecified atom stereocenters. The number of hydrogen-bond donors (Lipinski definition) is 2. The predicted octanol–water partition coefficient (Wildman–Crippen LogP) is 3.47. The van der Waals surface area contributed by atoms with E-state index in [0.29, 0.717) is 18.7 Å². The molecule has 6 heteroatoms. The molecule has 0 saturated carbocycles. The van der Waals surface area contributed by atoms with Gasteiger partial charge in [0.05, 0.1) is 28.9 Å². The van der Waals surface area contributed by atoms with Gasteiger partial charge >= 0.3 is 0 Å². The quantitative estimate of drug-likeness (QED) is 0.728. The third kappa shape index (κ3) is 3.43. The van der Waals surface area contributed by atoms with Crippen LogP contribution in [-0.2, 0) is 6.54 Å². The third-order valence-electron chi connectivity index (χ3n) is 3.36. The van der Waals surface area contributed by atoms with E-state index in [1.807, 2.05) is 48.7 Å². The number of nitrogens with zero attached hydrogens (tertiary/aromatic N) is 1. The van der Waals surface area contributed by atoms with E-state index in [1.54, 1.807) is 17.5 Å². The topological polar surface area (TPSA) is 67.0 Å². The number of thiophene rings is 1. The van der Waals surface area contributed by atoms with Crippen molar-refractivity contribution in [2.75, 3.05) is 6.61 Å². The summed E-state index contributed by atoms with van der Waals surface area (Å²) >= 11 is 1.56. The lowest BCUT2D eigenvalue weighted by molar-refractivity contribution is 0.0951. The average Bonchev–Trinajstić information content (AvgIpc) is 3.24. The lowest BCUT2D eigenvalue weighted by atomic mass is 10.1. The minimum Gasteiger partial charge on any atom is -0.494 e. The molecule has 0 aliphatic heterocycles. The first kappa shape index (κ1) is 15.3. The number of aromatic nitrogens is 2. The Kier molecular flexibility index (Phi) is 4.73. The Balaban J connectivity index is 1.73. The largest absolute Gasteiger partial charge is 0.494 e. The molecule has 0 radical (unpaired) electrons. The number of amides is 1. The first-order valence-corrected chi connectivity index (χ1v) is 8.23. The van der Waals surface area contributed by atoms with Crippen molar-refractivity contribution in [3.63, 3.8) is 0 Å². The fourth-order valence-electron chi connectivity index (χ4n) is 2.28. The number of rotatable bonds is 6. The molecule has 2 N–H and O–H groups in total. The number of benzene rings is 1. The van der Waals surface area contributed by atoms with Gasteiger partial charge in [0.1, 0.15) is 5.75 Å². The molecule has 0 spiro atoms. The summed E-state index contributed by atoms with van der Waals surface area (Å²) in [5.74, 6) is 0.634. The van der Waals surface area contributed by atoms with Crippen LogP contribution in [-0.4, -0.2) is 22.7 Å². The molecule has 2 aromatic heterocycles. The Labute approximate surface area is 138 Å². The van der Waals surface area contributed by atoms with E-state index in [1.165, 1.54) is 0 Å². The zero-order valence-electron chi connectivity index (χ0n) is 12.7. The summed E-state index contributed by atoms with van der Waals surface area (Å²) in [5, 5.41) is 11.8. The highest BCUT2D eigenvalue weighted by Crippen LogP contribution is 2.26. The van der Waals surface area contributed by atoms with Crippen molar-refractivity contribution in [2.24, 2.45) is 0 Å². The number of aromatic amines is 1. The number of nitrogens with one attached hydrogen (secondary N) is 2. The molecular formula is C17H17N3O2S. The fraction of sp³-hybridized carbons (Fsp3) is 0.176. The van der Waals surface area contributed by atoms with Gasteiger partial charge in [-0.2, -0.15) is 5.10 Å². The number of ether oxygens (including phenoxy) is 1. The first-order valence-electron chi connectivity index (χ1n) is 7.35. The highest BCUT2D eigenvalue weighted by molar-refractivity contribution is 7.13. The van der Waals surface area contributed by atoms with Crippen molar-refractivity contribution >= 4 is 17.2 Å². The van der Waals surface area contributed by atoms with Crippen molar-refractivity contribution in [1.29, 1.82) is 0 Å². The number of hydrogen-bond acceptors (Lipinski definition) is 4. The molecule has 3 rings (SSSR count). The second kappa shape index (κ2) is 7.11. The van der Waals surface area contributed by atoms with E-state index in [4.69, 9.17) is 4.74 Å². The minimum atomic E-state index is -0.159. The monoisotopic (exact) mass is 327 g/mol. The van der Waals surface area contributed by atoms with Gasteiger partial charge in [-0.3, -0.25) is 9.89 Å². The first-order chi connectivity index (χ1) is 11.3.